The van der Waals surface area contributed by atoms with Crippen molar-refractivity contribution in [2.75, 3.05) is 13.6 Å². The first-order chi connectivity index (χ1) is 11.4. The minimum absolute atomic E-state index is 0.137. The third-order valence-electron chi connectivity index (χ3n) is 3.90. The molecule has 0 spiro atoms. The van der Waals surface area contributed by atoms with Crippen LogP contribution in [-0.2, 0) is 18.4 Å². The Balaban J connectivity index is 1.89. The SMILES string of the molecule is CCc1cnc(CNC(=NC)NCC(C)(C)c2ccc(F)cc2)s1. The molecule has 24 heavy (non-hydrogen) atoms. The molecule has 1 aromatic heterocycles. The molecule has 0 atom stereocenters. The number of aliphatic imine (C=N–C) groups is 1. The van der Waals surface area contributed by atoms with E-state index in [1.54, 1.807) is 18.4 Å². The summed E-state index contributed by atoms with van der Waals surface area (Å²) in [5.41, 5.74) is 0.946. The van der Waals surface area contributed by atoms with Gasteiger partial charge in [-0.2, -0.15) is 0 Å². The number of rotatable bonds is 6. The first-order valence-electron chi connectivity index (χ1n) is 8.08. The molecular formula is C18H25FN4S. The average Bonchev–Trinajstić information content (AvgIpc) is 3.03. The summed E-state index contributed by atoms with van der Waals surface area (Å²) in [6.45, 7) is 7.71. The van der Waals surface area contributed by atoms with E-state index in [0.29, 0.717) is 13.1 Å². The summed E-state index contributed by atoms with van der Waals surface area (Å²) in [5, 5.41) is 7.67. The molecule has 0 unspecified atom stereocenters. The minimum atomic E-state index is -0.213. The fourth-order valence-corrected chi connectivity index (χ4v) is 3.08. The highest BCUT2D eigenvalue weighted by Crippen LogP contribution is 2.22. The molecule has 0 aliphatic heterocycles. The Morgan fingerprint density at radius 1 is 1.25 bits per heavy atom. The van der Waals surface area contributed by atoms with Gasteiger partial charge in [-0.25, -0.2) is 9.37 Å². The lowest BCUT2D eigenvalue weighted by Crippen LogP contribution is -2.43. The van der Waals surface area contributed by atoms with Gasteiger partial charge in [-0.3, -0.25) is 4.99 Å². The number of thiazole rings is 1. The fourth-order valence-electron chi connectivity index (χ4n) is 2.28. The van der Waals surface area contributed by atoms with Gasteiger partial charge < -0.3 is 10.6 Å². The van der Waals surface area contributed by atoms with Crippen molar-refractivity contribution < 1.29 is 4.39 Å². The van der Waals surface area contributed by atoms with Crippen molar-refractivity contribution in [3.05, 3.63) is 51.7 Å². The monoisotopic (exact) mass is 348 g/mol. The number of guanidine groups is 1. The summed E-state index contributed by atoms with van der Waals surface area (Å²) in [4.78, 5) is 9.93. The Morgan fingerprint density at radius 3 is 2.54 bits per heavy atom. The van der Waals surface area contributed by atoms with E-state index in [1.165, 1.54) is 17.0 Å². The topological polar surface area (TPSA) is 49.3 Å². The molecule has 1 heterocycles. The molecule has 0 radical (unpaired) electrons. The normalized spacial score (nSPS) is 12.3. The Hall–Kier alpha value is -1.95. The highest BCUT2D eigenvalue weighted by atomic mass is 32.1. The second kappa shape index (κ2) is 8.24. The lowest BCUT2D eigenvalue weighted by Gasteiger charge is -2.26. The lowest BCUT2D eigenvalue weighted by molar-refractivity contribution is 0.507. The molecule has 6 heteroatoms. The summed E-state index contributed by atoms with van der Waals surface area (Å²) in [6.07, 6.45) is 2.94. The van der Waals surface area contributed by atoms with E-state index in [0.717, 1.165) is 23.0 Å². The van der Waals surface area contributed by atoms with Crippen LogP contribution in [-0.4, -0.2) is 24.5 Å². The minimum Gasteiger partial charge on any atom is -0.356 e. The molecule has 0 fully saturated rings. The number of hydrogen-bond acceptors (Lipinski definition) is 3. The molecule has 2 aromatic rings. The number of nitrogens with zero attached hydrogens (tertiary/aromatic N) is 2. The van der Waals surface area contributed by atoms with Gasteiger partial charge >= 0.3 is 0 Å². The number of aromatic nitrogens is 1. The molecule has 0 aliphatic rings. The van der Waals surface area contributed by atoms with Crippen LogP contribution < -0.4 is 10.6 Å². The summed E-state index contributed by atoms with van der Waals surface area (Å²) >= 11 is 1.72. The van der Waals surface area contributed by atoms with E-state index in [-0.39, 0.29) is 11.2 Å². The molecule has 130 valence electrons. The van der Waals surface area contributed by atoms with Crippen LogP contribution in [0.1, 0.15) is 36.2 Å². The fraction of sp³-hybridized carbons (Fsp3) is 0.444. The Labute approximate surface area is 147 Å². The quantitative estimate of drug-likeness (QED) is 0.621. The van der Waals surface area contributed by atoms with Gasteiger partial charge in [0.2, 0.25) is 0 Å². The average molecular weight is 348 g/mol. The summed E-state index contributed by atoms with van der Waals surface area (Å²) < 4.78 is 13.1. The Kier molecular flexibility index (Phi) is 6.31. The second-order valence-electron chi connectivity index (χ2n) is 6.24. The molecule has 0 bridgehead atoms. The van der Waals surface area contributed by atoms with Gasteiger partial charge in [0, 0.05) is 30.1 Å². The number of hydrogen-bond donors (Lipinski definition) is 2. The van der Waals surface area contributed by atoms with E-state index in [2.05, 4.69) is 41.4 Å². The molecule has 1 aromatic carbocycles. The van der Waals surface area contributed by atoms with E-state index < -0.39 is 0 Å². The highest BCUT2D eigenvalue weighted by Gasteiger charge is 2.21. The van der Waals surface area contributed by atoms with E-state index in [1.807, 2.05) is 18.3 Å². The molecule has 2 rings (SSSR count). The maximum Gasteiger partial charge on any atom is 0.191 e. The van der Waals surface area contributed by atoms with Crippen LogP contribution >= 0.6 is 11.3 Å². The molecule has 0 saturated carbocycles. The summed E-state index contributed by atoms with van der Waals surface area (Å²) in [6, 6.07) is 6.65. The molecule has 4 nitrogen and oxygen atoms in total. The predicted molar refractivity (Wildman–Crippen MR) is 99.1 cm³/mol. The second-order valence-corrected chi connectivity index (χ2v) is 7.44. The van der Waals surface area contributed by atoms with E-state index in [4.69, 9.17) is 0 Å². The third-order valence-corrected chi connectivity index (χ3v) is 5.05. The van der Waals surface area contributed by atoms with Crippen molar-refractivity contribution in [3.8, 4) is 0 Å². The zero-order chi connectivity index (χ0) is 17.6. The first-order valence-corrected chi connectivity index (χ1v) is 8.90. The summed E-state index contributed by atoms with van der Waals surface area (Å²) in [7, 11) is 1.75. The van der Waals surface area contributed by atoms with E-state index in [9.17, 15) is 4.39 Å². The largest absolute Gasteiger partial charge is 0.356 e. The van der Waals surface area contributed by atoms with Crippen LogP contribution in [0.3, 0.4) is 0 Å². The molecule has 0 amide bonds. The van der Waals surface area contributed by atoms with Crippen LogP contribution in [0.2, 0.25) is 0 Å². The van der Waals surface area contributed by atoms with Crippen LogP contribution in [0.15, 0.2) is 35.5 Å². The predicted octanol–water partition coefficient (Wildman–Crippen LogP) is 3.49. The molecular weight excluding hydrogens is 323 g/mol. The Bertz CT molecular complexity index is 677. The molecule has 0 aliphatic carbocycles. The van der Waals surface area contributed by atoms with Gasteiger partial charge in [-0.15, -0.1) is 11.3 Å². The van der Waals surface area contributed by atoms with Crippen molar-refractivity contribution in [3.63, 3.8) is 0 Å². The molecule has 0 saturated heterocycles. The van der Waals surface area contributed by atoms with Crippen molar-refractivity contribution in [1.82, 2.24) is 15.6 Å². The number of halogens is 1. The van der Waals surface area contributed by atoms with Crippen LogP contribution in [0.25, 0.3) is 0 Å². The Morgan fingerprint density at radius 2 is 1.96 bits per heavy atom. The number of aryl methyl sites for hydroxylation is 1. The summed E-state index contributed by atoms with van der Waals surface area (Å²) in [5.74, 6) is 0.522. The van der Waals surface area contributed by atoms with E-state index >= 15 is 0 Å². The van der Waals surface area contributed by atoms with Gasteiger partial charge in [0.1, 0.15) is 10.8 Å². The number of nitrogens with one attached hydrogen (secondary N) is 2. The van der Waals surface area contributed by atoms with Gasteiger partial charge in [0.05, 0.1) is 6.54 Å². The van der Waals surface area contributed by atoms with Crippen LogP contribution in [0, 0.1) is 5.82 Å². The van der Waals surface area contributed by atoms with Gasteiger partial charge in [-0.05, 0) is 24.1 Å². The number of benzene rings is 1. The standard InChI is InChI=1S/C18H25FN4S/c1-5-15-10-21-16(24-15)11-22-17(20-4)23-12-18(2,3)13-6-8-14(19)9-7-13/h6-10H,5,11-12H2,1-4H3,(H2,20,22,23). The van der Waals surface area contributed by atoms with Crippen LogP contribution in [0.4, 0.5) is 4.39 Å². The third kappa shape index (κ3) is 5.03. The first kappa shape index (κ1) is 18.4. The van der Waals surface area contributed by atoms with Gasteiger partial charge in [0.15, 0.2) is 5.96 Å². The zero-order valence-corrected chi connectivity index (χ0v) is 15.5. The van der Waals surface area contributed by atoms with Crippen molar-refractivity contribution in [1.29, 1.82) is 0 Å². The van der Waals surface area contributed by atoms with Crippen LogP contribution in [0.5, 0.6) is 0 Å². The maximum atomic E-state index is 13.1. The van der Waals surface area contributed by atoms with Crippen molar-refractivity contribution in [2.24, 2.45) is 4.99 Å². The lowest BCUT2D eigenvalue weighted by atomic mass is 9.84. The highest BCUT2D eigenvalue weighted by molar-refractivity contribution is 7.11. The smallest absolute Gasteiger partial charge is 0.191 e. The zero-order valence-electron chi connectivity index (χ0n) is 14.7. The van der Waals surface area contributed by atoms with Crippen molar-refractivity contribution >= 4 is 17.3 Å². The maximum absolute atomic E-state index is 13.1. The van der Waals surface area contributed by atoms with Crippen molar-refractivity contribution in [2.45, 2.75) is 39.2 Å². The van der Waals surface area contributed by atoms with Gasteiger partial charge in [0.25, 0.3) is 0 Å². The van der Waals surface area contributed by atoms with Gasteiger partial charge in [-0.1, -0.05) is 32.9 Å². The molecule has 2 N–H and O–H groups in total.